The van der Waals surface area contributed by atoms with Crippen LogP contribution in [0.5, 0.6) is 5.75 Å². The Labute approximate surface area is 210 Å². The summed E-state index contributed by atoms with van der Waals surface area (Å²) < 4.78 is 8.49. The summed E-state index contributed by atoms with van der Waals surface area (Å²) in [4.78, 5) is 40.3. The second-order valence-electron chi connectivity index (χ2n) is 10.2. The van der Waals surface area contributed by atoms with Crippen LogP contribution in [0.25, 0.3) is 11.0 Å². The minimum Gasteiger partial charge on any atom is -0.497 e. The fourth-order valence-corrected chi connectivity index (χ4v) is 6.00. The van der Waals surface area contributed by atoms with Crippen LogP contribution in [0.1, 0.15) is 44.2 Å². The maximum atomic E-state index is 13.3. The van der Waals surface area contributed by atoms with E-state index in [2.05, 4.69) is 22.5 Å². The standard InChI is InChI=1S/C27H33N5O4/c1-27-15-22(17-8-11-19(36-4)12-9-17)32(23(27)6-5-7-24(33)29-27)16-25(34)28-18-10-13-20-21(14-18)31(3)26(35)30(20)2/h8-14,22-23H,5-7,15-16H2,1-4H3,(H,28,34)(H,29,33)/t22-,23-,27-/m0/s1. The van der Waals surface area contributed by atoms with Gasteiger partial charge in [-0.1, -0.05) is 12.1 Å². The highest BCUT2D eigenvalue weighted by Gasteiger charge is 2.51. The summed E-state index contributed by atoms with van der Waals surface area (Å²) >= 11 is 0. The van der Waals surface area contributed by atoms with Crippen LogP contribution in [-0.2, 0) is 23.7 Å². The maximum Gasteiger partial charge on any atom is 0.328 e. The number of aromatic nitrogens is 2. The number of ether oxygens (including phenoxy) is 1. The molecule has 0 unspecified atom stereocenters. The number of methoxy groups -OCH3 is 1. The number of fused-ring (bicyclic) bond motifs is 2. The predicted octanol–water partition coefficient (Wildman–Crippen LogP) is 2.70. The number of nitrogens with zero attached hydrogens (tertiary/aromatic N) is 3. The highest BCUT2D eigenvalue weighted by atomic mass is 16.5. The topological polar surface area (TPSA) is 97.6 Å². The van der Waals surface area contributed by atoms with Crippen LogP contribution in [0.2, 0.25) is 0 Å². The molecule has 1 aromatic heterocycles. The molecule has 36 heavy (non-hydrogen) atoms. The Morgan fingerprint density at radius 2 is 1.83 bits per heavy atom. The number of imidazole rings is 1. The van der Waals surface area contributed by atoms with Crippen molar-refractivity contribution in [1.82, 2.24) is 19.4 Å². The van der Waals surface area contributed by atoms with Gasteiger partial charge in [0.1, 0.15) is 5.75 Å². The number of rotatable bonds is 5. The fraction of sp³-hybridized carbons (Fsp3) is 0.444. The summed E-state index contributed by atoms with van der Waals surface area (Å²) in [7, 11) is 5.10. The Hall–Kier alpha value is -3.59. The van der Waals surface area contributed by atoms with E-state index >= 15 is 0 Å². The lowest BCUT2D eigenvalue weighted by Gasteiger charge is -2.34. The molecule has 0 spiro atoms. The third kappa shape index (κ3) is 4.17. The van der Waals surface area contributed by atoms with Crippen LogP contribution in [0.3, 0.4) is 0 Å². The van der Waals surface area contributed by atoms with Crippen molar-refractivity contribution in [3.63, 3.8) is 0 Å². The first-order chi connectivity index (χ1) is 17.2. The van der Waals surface area contributed by atoms with Gasteiger partial charge in [0, 0.05) is 38.3 Å². The zero-order valence-electron chi connectivity index (χ0n) is 21.2. The number of aryl methyl sites for hydroxylation is 2. The van der Waals surface area contributed by atoms with Gasteiger partial charge in [-0.25, -0.2) is 4.79 Å². The van der Waals surface area contributed by atoms with Crippen molar-refractivity contribution in [2.24, 2.45) is 14.1 Å². The Bertz CT molecular complexity index is 1380. The first-order valence-corrected chi connectivity index (χ1v) is 12.4. The number of carbonyl (C=O) groups excluding carboxylic acids is 2. The Morgan fingerprint density at radius 1 is 1.11 bits per heavy atom. The molecule has 2 aliphatic rings. The van der Waals surface area contributed by atoms with Crippen LogP contribution in [0, 0.1) is 0 Å². The summed E-state index contributed by atoms with van der Waals surface area (Å²) in [5.74, 6) is 0.718. The first kappa shape index (κ1) is 24.1. The molecule has 0 aliphatic carbocycles. The molecule has 3 heterocycles. The lowest BCUT2D eigenvalue weighted by Crippen LogP contribution is -2.53. The number of anilines is 1. The molecule has 0 saturated carbocycles. The van der Waals surface area contributed by atoms with Gasteiger partial charge in [-0.05, 0) is 62.1 Å². The van der Waals surface area contributed by atoms with Gasteiger partial charge < -0.3 is 15.4 Å². The summed E-state index contributed by atoms with van der Waals surface area (Å²) in [6.07, 6.45) is 2.86. The minimum absolute atomic E-state index is 0.0209. The van der Waals surface area contributed by atoms with Gasteiger partial charge >= 0.3 is 5.69 Å². The lowest BCUT2D eigenvalue weighted by atomic mass is 9.88. The van der Waals surface area contributed by atoms with Crippen molar-refractivity contribution < 1.29 is 14.3 Å². The minimum atomic E-state index is -0.417. The highest BCUT2D eigenvalue weighted by Crippen LogP contribution is 2.45. The molecule has 9 nitrogen and oxygen atoms in total. The summed E-state index contributed by atoms with van der Waals surface area (Å²) in [5.41, 5.74) is 2.78. The number of hydrogen-bond acceptors (Lipinski definition) is 5. The first-order valence-electron chi connectivity index (χ1n) is 12.4. The summed E-state index contributed by atoms with van der Waals surface area (Å²) in [5, 5.41) is 6.28. The fourth-order valence-electron chi connectivity index (χ4n) is 6.00. The van der Waals surface area contributed by atoms with Crippen LogP contribution >= 0.6 is 0 Å². The molecule has 3 aromatic rings. The van der Waals surface area contributed by atoms with E-state index in [0.29, 0.717) is 12.1 Å². The molecule has 2 amide bonds. The number of nitrogens with one attached hydrogen (secondary N) is 2. The smallest absolute Gasteiger partial charge is 0.328 e. The van der Waals surface area contributed by atoms with Crippen molar-refractivity contribution >= 4 is 28.5 Å². The summed E-state index contributed by atoms with van der Waals surface area (Å²) in [6.45, 7) is 2.29. The highest BCUT2D eigenvalue weighted by molar-refractivity contribution is 5.94. The van der Waals surface area contributed by atoms with E-state index in [-0.39, 0.29) is 36.1 Å². The maximum absolute atomic E-state index is 13.3. The van der Waals surface area contributed by atoms with Gasteiger partial charge in [0.25, 0.3) is 0 Å². The van der Waals surface area contributed by atoms with Crippen LogP contribution in [0.4, 0.5) is 5.69 Å². The second kappa shape index (κ2) is 9.13. The van der Waals surface area contributed by atoms with E-state index in [9.17, 15) is 14.4 Å². The van der Waals surface area contributed by atoms with E-state index in [1.165, 1.54) is 0 Å². The van der Waals surface area contributed by atoms with Crippen molar-refractivity contribution in [3.8, 4) is 5.75 Å². The molecule has 9 heteroatoms. The van der Waals surface area contributed by atoms with Gasteiger partial charge in [-0.2, -0.15) is 0 Å². The second-order valence-corrected chi connectivity index (χ2v) is 10.2. The number of benzene rings is 2. The molecule has 2 aliphatic heterocycles. The van der Waals surface area contributed by atoms with Crippen molar-refractivity contribution in [1.29, 1.82) is 0 Å². The summed E-state index contributed by atoms with van der Waals surface area (Å²) in [6, 6.07) is 13.5. The van der Waals surface area contributed by atoms with Crippen LogP contribution in [-0.4, -0.2) is 51.1 Å². The van der Waals surface area contributed by atoms with E-state index in [0.717, 1.165) is 41.6 Å². The molecule has 3 atom stereocenters. The molecule has 2 fully saturated rings. The molecule has 5 rings (SSSR count). The number of carbonyl (C=O) groups is 2. The van der Waals surface area contributed by atoms with Crippen molar-refractivity contribution in [2.75, 3.05) is 19.0 Å². The molecule has 0 radical (unpaired) electrons. The Morgan fingerprint density at radius 3 is 2.56 bits per heavy atom. The third-order valence-corrected chi connectivity index (χ3v) is 7.84. The van der Waals surface area contributed by atoms with E-state index < -0.39 is 5.54 Å². The van der Waals surface area contributed by atoms with E-state index in [1.807, 2.05) is 42.5 Å². The number of hydrogen-bond donors (Lipinski definition) is 2. The third-order valence-electron chi connectivity index (χ3n) is 7.84. The number of likely N-dealkylation sites (tertiary alicyclic amines) is 1. The SMILES string of the molecule is COc1ccc([C@@H]2C[C@]3(C)NC(=O)CCC[C@@H]3N2CC(=O)Nc2ccc3c(c2)n(C)c(=O)n3C)cc1. The van der Waals surface area contributed by atoms with Gasteiger partial charge in [-0.3, -0.25) is 23.6 Å². The quantitative estimate of drug-likeness (QED) is 0.572. The Balaban J connectivity index is 1.42. The van der Waals surface area contributed by atoms with Gasteiger partial charge in [-0.15, -0.1) is 0 Å². The van der Waals surface area contributed by atoms with Crippen LogP contribution < -0.4 is 21.1 Å². The average molecular weight is 492 g/mol. The van der Waals surface area contributed by atoms with E-state index in [1.54, 1.807) is 30.3 Å². The molecule has 2 aromatic carbocycles. The largest absolute Gasteiger partial charge is 0.497 e. The zero-order valence-corrected chi connectivity index (χ0v) is 21.2. The van der Waals surface area contributed by atoms with Gasteiger partial charge in [0.2, 0.25) is 11.8 Å². The monoisotopic (exact) mass is 491 g/mol. The normalized spacial score (nSPS) is 24.3. The molecular weight excluding hydrogens is 458 g/mol. The predicted molar refractivity (Wildman–Crippen MR) is 138 cm³/mol. The van der Waals surface area contributed by atoms with Gasteiger partial charge in [0.05, 0.1) is 30.2 Å². The zero-order chi connectivity index (χ0) is 25.6. The van der Waals surface area contributed by atoms with Crippen molar-refractivity contribution in [3.05, 3.63) is 58.5 Å². The number of amides is 2. The molecule has 2 N–H and O–H groups in total. The Kier molecular flexibility index (Phi) is 6.12. The molecule has 190 valence electrons. The van der Waals surface area contributed by atoms with Gasteiger partial charge in [0.15, 0.2) is 0 Å². The molecule has 0 bridgehead atoms. The van der Waals surface area contributed by atoms with E-state index in [4.69, 9.17) is 4.74 Å². The average Bonchev–Trinajstić information content (AvgIpc) is 3.16. The van der Waals surface area contributed by atoms with Crippen molar-refractivity contribution in [2.45, 2.75) is 50.2 Å². The molecule has 2 saturated heterocycles. The molecular formula is C27H33N5O4. The lowest BCUT2D eigenvalue weighted by molar-refractivity contribution is -0.122. The van der Waals surface area contributed by atoms with Crippen LogP contribution in [0.15, 0.2) is 47.3 Å².